The Balaban J connectivity index is 1.09. The number of pyridine rings is 1. The summed E-state index contributed by atoms with van der Waals surface area (Å²) in [6.07, 6.45) is 9.45. The molecule has 2 saturated heterocycles. The van der Waals surface area contributed by atoms with Crippen LogP contribution in [0.3, 0.4) is 0 Å². The molecule has 32 heavy (non-hydrogen) atoms. The van der Waals surface area contributed by atoms with Crippen molar-refractivity contribution in [1.29, 1.82) is 0 Å². The minimum absolute atomic E-state index is 0.0820. The zero-order valence-corrected chi connectivity index (χ0v) is 19.3. The standard InChI is InChI=1S/C25H37N5O2/c1-18-2-5-22(6-3-18)30-17-20(14-24(30)31)25(32)27-23-9-4-19(15-26-23)16-28-10-12-29(13-11-28)21-7-8-21/h4,9,15,18,20-22H,2-3,5-8,10-14,16-17H2,1H3,(H,26,27,32). The summed E-state index contributed by atoms with van der Waals surface area (Å²) in [5.74, 6) is 1.11. The fourth-order valence-corrected chi connectivity index (χ4v) is 5.62. The van der Waals surface area contributed by atoms with E-state index in [1.807, 2.05) is 17.2 Å². The first-order valence-corrected chi connectivity index (χ1v) is 12.6. The maximum atomic E-state index is 12.8. The van der Waals surface area contributed by atoms with Crippen LogP contribution >= 0.6 is 0 Å². The zero-order chi connectivity index (χ0) is 22.1. The van der Waals surface area contributed by atoms with Gasteiger partial charge in [0.15, 0.2) is 0 Å². The number of likely N-dealkylation sites (tertiary alicyclic amines) is 1. The molecule has 0 aromatic carbocycles. The fourth-order valence-electron chi connectivity index (χ4n) is 5.62. The number of piperazine rings is 1. The van der Waals surface area contributed by atoms with Gasteiger partial charge in [0.1, 0.15) is 5.82 Å². The van der Waals surface area contributed by atoms with Crippen molar-refractivity contribution in [2.24, 2.45) is 11.8 Å². The first-order valence-electron chi connectivity index (χ1n) is 12.6. The molecule has 2 aliphatic heterocycles. The largest absolute Gasteiger partial charge is 0.339 e. The number of anilines is 1. The van der Waals surface area contributed by atoms with Gasteiger partial charge < -0.3 is 10.2 Å². The zero-order valence-electron chi connectivity index (χ0n) is 19.3. The Kier molecular flexibility index (Phi) is 6.47. The maximum Gasteiger partial charge on any atom is 0.230 e. The molecule has 1 atom stereocenters. The van der Waals surface area contributed by atoms with Gasteiger partial charge in [0.05, 0.1) is 5.92 Å². The van der Waals surface area contributed by atoms with E-state index in [9.17, 15) is 9.59 Å². The van der Waals surface area contributed by atoms with Gasteiger partial charge in [-0.25, -0.2) is 4.98 Å². The molecule has 174 valence electrons. The molecule has 1 N–H and O–H groups in total. The Bertz CT molecular complexity index is 808. The van der Waals surface area contributed by atoms with Crippen LogP contribution in [-0.4, -0.2) is 76.3 Å². The molecule has 4 aliphatic rings. The number of nitrogens with zero attached hydrogens (tertiary/aromatic N) is 4. The monoisotopic (exact) mass is 439 g/mol. The van der Waals surface area contributed by atoms with E-state index in [1.54, 1.807) is 0 Å². The van der Waals surface area contributed by atoms with Crippen LogP contribution in [0.25, 0.3) is 0 Å². The first kappa shape index (κ1) is 21.8. The van der Waals surface area contributed by atoms with E-state index in [0.717, 1.165) is 44.4 Å². The minimum Gasteiger partial charge on any atom is -0.339 e. The van der Waals surface area contributed by atoms with Crippen LogP contribution in [-0.2, 0) is 16.1 Å². The van der Waals surface area contributed by atoms with E-state index in [1.165, 1.54) is 44.3 Å². The molecule has 4 fully saturated rings. The van der Waals surface area contributed by atoms with Crippen molar-refractivity contribution < 1.29 is 9.59 Å². The second-order valence-corrected chi connectivity index (χ2v) is 10.4. The molecule has 2 amide bonds. The number of rotatable bonds is 6. The number of hydrogen-bond donors (Lipinski definition) is 1. The van der Waals surface area contributed by atoms with Crippen molar-refractivity contribution in [3.05, 3.63) is 23.9 Å². The van der Waals surface area contributed by atoms with E-state index >= 15 is 0 Å². The number of nitrogens with one attached hydrogen (secondary N) is 1. The van der Waals surface area contributed by atoms with Gasteiger partial charge in [-0.1, -0.05) is 13.0 Å². The van der Waals surface area contributed by atoms with Gasteiger partial charge in [-0.15, -0.1) is 0 Å². The molecule has 2 saturated carbocycles. The van der Waals surface area contributed by atoms with Crippen molar-refractivity contribution in [3.63, 3.8) is 0 Å². The van der Waals surface area contributed by atoms with Crippen LogP contribution in [0.1, 0.15) is 57.4 Å². The van der Waals surface area contributed by atoms with Crippen molar-refractivity contribution >= 4 is 17.6 Å². The van der Waals surface area contributed by atoms with Crippen LogP contribution in [0.4, 0.5) is 5.82 Å². The molecule has 2 aliphatic carbocycles. The molecule has 1 unspecified atom stereocenters. The quantitative estimate of drug-likeness (QED) is 0.738. The Morgan fingerprint density at radius 1 is 1.03 bits per heavy atom. The molecule has 1 aromatic heterocycles. The third kappa shape index (κ3) is 5.15. The summed E-state index contributed by atoms with van der Waals surface area (Å²) in [7, 11) is 0. The summed E-state index contributed by atoms with van der Waals surface area (Å²) in [6.45, 7) is 8.31. The number of carbonyl (C=O) groups is 2. The lowest BCUT2D eigenvalue weighted by Crippen LogP contribution is -2.46. The summed E-state index contributed by atoms with van der Waals surface area (Å²) in [5, 5.41) is 2.94. The van der Waals surface area contributed by atoms with Gasteiger partial charge >= 0.3 is 0 Å². The molecular weight excluding hydrogens is 402 g/mol. The van der Waals surface area contributed by atoms with E-state index < -0.39 is 0 Å². The first-order chi connectivity index (χ1) is 15.5. The maximum absolute atomic E-state index is 12.8. The Morgan fingerprint density at radius 2 is 1.75 bits per heavy atom. The smallest absolute Gasteiger partial charge is 0.230 e. The van der Waals surface area contributed by atoms with Gasteiger partial charge in [0.2, 0.25) is 11.8 Å². The van der Waals surface area contributed by atoms with Crippen molar-refractivity contribution in [3.8, 4) is 0 Å². The topological polar surface area (TPSA) is 68.8 Å². The van der Waals surface area contributed by atoms with Crippen LogP contribution in [0, 0.1) is 11.8 Å². The normalized spacial score (nSPS) is 30.0. The van der Waals surface area contributed by atoms with Crippen LogP contribution in [0.15, 0.2) is 18.3 Å². The predicted molar refractivity (Wildman–Crippen MR) is 124 cm³/mol. The molecule has 7 heteroatoms. The number of amides is 2. The predicted octanol–water partition coefficient (Wildman–Crippen LogP) is 2.73. The molecule has 5 rings (SSSR count). The van der Waals surface area contributed by atoms with Crippen LogP contribution < -0.4 is 5.32 Å². The summed E-state index contributed by atoms with van der Waals surface area (Å²) in [4.78, 5) is 36.9. The molecule has 1 aromatic rings. The van der Waals surface area contributed by atoms with Crippen molar-refractivity contribution in [2.45, 2.75) is 70.5 Å². The van der Waals surface area contributed by atoms with Gasteiger partial charge in [-0.2, -0.15) is 0 Å². The van der Waals surface area contributed by atoms with Gasteiger partial charge in [-0.3, -0.25) is 19.4 Å². The molecule has 3 heterocycles. The van der Waals surface area contributed by atoms with Crippen LogP contribution in [0.5, 0.6) is 0 Å². The minimum atomic E-state index is -0.272. The lowest BCUT2D eigenvalue weighted by molar-refractivity contribution is -0.130. The average molecular weight is 440 g/mol. The lowest BCUT2D eigenvalue weighted by Gasteiger charge is -2.34. The average Bonchev–Trinajstić information content (AvgIpc) is 3.58. The SMILES string of the molecule is CC1CCC(N2CC(C(=O)Nc3ccc(CN4CCN(C5CC5)CC4)cn3)CC2=O)CC1. The number of hydrogen-bond acceptors (Lipinski definition) is 5. The number of aromatic nitrogens is 1. The summed E-state index contributed by atoms with van der Waals surface area (Å²) < 4.78 is 0. The number of carbonyl (C=O) groups excluding carboxylic acids is 2. The van der Waals surface area contributed by atoms with Crippen molar-refractivity contribution in [2.75, 3.05) is 38.0 Å². The van der Waals surface area contributed by atoms with E-state index in [2.05, 4.69) is 33.1 Å². The van der Waals surface area contributed by atoms with Crippen LogP contribution in [0.2, 0.25) is 0 Å². The molecular formula is C25H37N5O2. The van der Waals surface area contributed by atoms with Gasteiger partial charge in [0, 0.05) is 64.0 Å². The summed E-state index contributed by atoms with van der Waals surface area (Å²) >= 11 is 0. The summed E-state index contributed by atoms with van der Waals surface area (Å²) in [6, 6.07) is 5.13. The highest BCUT2D eigenvalue weighted by molar-refractivity contribution is 5.96. The highest BCUT2D eigenvalue weighted by atomic mass is 16.2. The summed E-state index contributed by atoms with van der Waals surface area (Å²) in [5.41, 5.74) is 1.18. The van der Waals surface area contributed by atoms with E-state index in [0.29, 0.717) is 24.8 Å². The molecule has 0 radical (unpaired) electrons. The lowest BCUT2D eigenvalue weighted by atomic mass is 9.87. The molecule has 7 nitrogen and oxygen atoms in total. The second-order valence-electron chi connectivity index (χ2n) is 10.4. The van der Waals surface area contributed by atoms with E-state index in [-0.39, 0.29) is 17.7 Å². The highest BCUT2D eigenvalue weighted by Crippen LogP contribution is 2.31. The third-order valence-electron chi connectivity index (χ3n) is 7.91. The highest BCUT2D eigenvalue weighted by Gasteiger charge is 2.38. The molecule has 0 bridgehead atoms. The Morgan fingerprint density at radius 3 is 2.41 bits per heavy atom. The Hall–Kier alpha value is -1.99. The van der Waals surface area contributed by atoms with Gasteiger partial charge in [-0.05, 0) is 56.1 Å². The fraction of sp³-hybridized carbons (Fsp3) is 0.720. The Labute approximate surface area is 191 Å². The molecule has 0 spiro atoms. The van der Waals surface area contributed by atoms with Gasteiger partial charge in [0.25, 0.3) is 0 Å². The van der Waals surface area contributed by atoms with E-state index in [4.69, 9.17) is 0 Å². The van der Waals surface area contributed by atoms with Crippen molar-refractivity contribution in [1.82, 2.24) is 19.7 Å². The second kappa shape index (κ2) is 9.48. The third-order valence-corrected chi connectivity index (χ3v) is 7.91.